The Balaban J connectivity index is 1.90. The van der Waals surface area contributed by atoms with Gasteiger partial charge in [0.2, 0.25) is 10.0 Å². The summed E-state index contributed by atoms with van der Waals surface area (Å²) in [6.45, 7) is 4.29. The summed E-state index contributed by atoms with van der Waals surface area (Å²) < 4.78 is 37.9. The summed E-state index contributed by atoms with van der Waals surface area (Å²) in [5.41, 5.74) is 1.87. The number of sulfonamides is 1. The number of aryl methyl sites for hydroxylation is 2. The molecule has 0 unspecified atom stereocenters. The van der Waals surface area contributed by atoms with Crippen molar-refractivity contribution in [2.75, 3.05) is 20.3 Å². The number of hydrogen-bond acceptors (Lipinski definition) is 4. The minimum atomic E-state index is -3.57. The van der Waals surface area contributed by atoms with E-state index in [1.54, 1.807) is 32.2 Å². The van der Waals surface area contributed by atoms with Crippen molar-refractivity contribution in [3.05, 3.63) is 53.6 Å². The maximum absolute atomic E-state index is 12.3. The fraction of sp³-hybridized carbons (Fsp3) is 0.333. The molecule has 2 aromatic rings. The van der Waals surface area contributed by atoms with Crippen LogP contribution in [0.1, 0.15) is 18.1 Å². The molecule has 6 heteroatoms. The highest BCUT2D eigenvalue weighted by Gasteiger charge is 2.16. The number of ether oxygens (including phenoxy) is 2. The van der Waals surface area contributed by atoms with Crippen LogP contribution in [0.15, 0.2) is 47.4 Å². The van der Waals surface area contributed by atoms with Crippen LogP contribution in [-0.4, -0.2) is 28.7 Å². The van der Waals surface area contributed by atoms with Gasteiger partial charge in [0.25, 0.3) is 0 Å². The summed E-state index contributed by atoms with van der Waals surface area (Å²) in [7, 11) is -2.02. The molecule has 0 bridgehead atoms. The summed E-state index contributed by atoms with van der Waals surface area (Å²) in [5, 5.41) is 0. The van der Waals surface area contributed by atoms with Crippen LogP contribution >= 0.6 is 0 Å². The lowest BCUT2D eigenvalue weighted by Crippen LogP contribution is -2.28. The molecule has 1 N–H and O–H groups in total. The van der Waals surface area contributed by atoms with Crippen LogP contribution in [-0.2, 0) is 16.4 Å². The van der Waals surface area contributed by atoms with Crippen LogP contribution in [0.5, 0.6) is 11.5 Å². The maximum atomic E-state index is 12.3. The Labute approximate surface area is 143 Å². The van der Waals surface area contributed by atoms with Gasteiger partial charge in [0, 0.05) is 6.54 Å². The molecule has 5 nitrogen and oxygen atoms in total. The summed E-state index contributed by atoms with van der Waals surface area (Å²) in [5.74, 6) is 1.36. The smallest absolute Gasteiger partial charge is 0.240 e. The lowest BCUT2D eigenvalue weighted by atomic mass is 10.2. The molecule has 0 spiro atoms. The van der Waals surface area contributed by atoms with E-state index >= 15 is 0 Å². The highest BCUT2D eigenvalue weighted by molar-refractivity contribution is 7.89. The van der Waals surface area contributed by atoms with Crippen LogP contribution in [0.3, 0.4) is 0 Å². The van der Waals surface area contributed by atoms with Gasteiger partial charge < -0.3 is 9.47 Å². The Kier molecular flexibility index (Phi) is 6.23. The standard InChI is InChI=1S/C18H23NO4S/c1-4-15-5-7-16(8-6-15)23-12-11-19-24(20,21)18-10-9-17(22-3)13-14(18)2/h5-10,13,19H,4,11-12H2,1-3H3. The van der Waals surface area contributed by atoms with Crippen molar-refractivity contribution < 1.29 is 17.9 Å². The Morgan fingerprint density at radius 1 is 1.04 bits per heavy atom. The molecule has 2 aromatic carbocycles. The van der Waals surface area contributed by atoms with Crippen molar-refractivity contribution in [1.82, 2.24) is 4.72 Å². The molecule has 0 heterocycles. The van der Waals surface area contributed by atoms with Crippen LogP contribution in [0.2, 0.25) is 0 Å². The lowest BCUT2D eigenvalue weighted by Gasteiger charge is -2.11. The topological polar surface area (TPSA) is 64.6 Å². The van der Waals surface area contributed by atoms with Crippen molar-refractivity contribution in [3.63, 3.8) is 0 Å². The molecular formula is C18H23NO4S. The number of rotatable bonds is 8. The molecule has 0 radical (unpaired) electrons. The summed E-state index contributed by atoms with van der Waals surface area (Å²) >= 11 is 0. The Morgan fingerprint density at radius 2 is 1.71 bits per heavy atom. The van der Waals surface area contributed by atoms with Gasteiger partial charge in [-0.05, 0) is 54.8 Å². The van der Waals surface area contributed by atoms with Crippen molar-refractivity contribution in [2.45, 2.75) is 25.2 Å². The monoisotopic (exact) mass is 349 g/mol. The zero-order chi connectivity index (χ0) is 17.6. The molecule has 0 saturated carbocycles. The molecule has 0 aliphatic heterocycles. The van der Waals surface area contributed by atoms with Gasteiger partial charge in [-0.15, -0.1) is 0 Å². The summed E-state index contributed by atoms with van der Waals surface area (Å²) in [6.07, 6.45) is 0.974. The Bertz CT molecular complexity index is 770. The van der Waals surface area contributed by atoms with Gasteiger partial charge in [-0.2, -0.15) is 0 Å². The van der Waals surface area contributed by atoms with Gasteiger partial charge in [0.15, 0.2) is 0 Å². The number of benzene rings is 2. The molecular weight excluding hydrogens is 326 g/mol. The third kappa shape index (κ3) is 4.72. The van der Waals surface area contributed by atoms with Gasteiger partial charge in [-0.25, -0.2) is 13.1 Å². The van der Waals surface area contributed by atoms with E-state index in [1.807, 2.05) is 24.3 Å². The van der Waals surface area contributed by atoms with E-state index in [4.69, 9.17) is 9.47 Å². The molecule has 2 rings (SSSR count). The molecule has 0 saturated heterocycles. The molecule has 0 aromatic heterocycles. The highest BCUT2D eigenvalue weighted by Crippen LogP contribution is 2.20. The molecule has 0 aliphatic carbocycles. The second kappa shape index (κ2) is 8.17. The van der Waals surface area contributed by atoms with Gasteiger partial charge in [0.05, 0.1) is 12.0 Å². The normalized spacial score (nSPS) is 11.3. The van der Waals surface area contributed by atoms with Crippen molar-refractivity contribution in [1.29, 1.82) is 0 Å². The Hall–Kier alpha value is -2.05. The molecule has 130 valence electrons. The van der Waals surface area contributed by atoms with Gasteiger partial charge >= 0.3 is 0 Å². The van der Waals surface area contributed by atoms with Crippen LogP contribution in [0, 0.1) is 6.92 Å². The van der Waals surface area contributed by atoms with E-state index in [0.29, 0.717) is 11.3 Å². The van der Waals surface area contributed by atoms with Gasteiger partial charge in [-0.3, -0.25) is 0 Å². The van der Waals surface area contributed by atoms with E-state index in [2.05, 4.69) is 11.6 Å². The maximum Gasteiger partial charge on any atom is 0.240 e. The molecule has 0 atom stereocenters. The predicted octanol–water partition coefficient (Wildman–Crippen LogP) is 2.92. The van der Waals surface area contributed by atoms with E-state index in [-0.39, 0.29) is 18.0 Å². The predicted molar refractivity (Wildman–Crippen MR) is 94.2 cm³/mol. The average Bonchev–Trinajstić information content (AvgIpc) is 2.59. The fourth-order valence-corrected chi connectivity index (χ4v) is 3.53. The van der Waals surface area contributed by atoms with E-state index < -0.39 is 10.0 Å². The first-order valence-electron chi connectivity index (χ1n) is 7.82. The van der Waals surface area contributed by atoms with Crippen molar-refractivity contribution >= 4 is 10.0 Å². The van der Waals surface area contributed by atoms with Crippen LogP contribution in [0.25, 0.3) is 0 Å². The van der Waals surface area contributed by atoms with Gasteiger partial charge in [-0.1, -0.05) is 19.1 Å². The van der Waals surface area contributed by atoms with Crippen LogP contribution < -0.4 is 14.2 Å². The first-order valence-corrected chi connectivity index (χ1v) is 9.30. The Morgan fingerprint density at radius 3 is 2.29 bits per heavy atom. The summed E-state index contributed by atoms with van der Waals surface area (Å²) in [4.78, 5) is 0.246. The SMILES string of the molecule is CCc1ccc(OCCNS(=O)(=O)c2ccc(OC)cc2C)cc1. The lowest BCUT2D eigenvalue weighted by molar-refractivity contribution is 0.322. The third-order valence-corrected chi connectivity index (χ3v) is 5.29. The minimum Gasteiger partial charge on any atom is -0.497 e. The molecule has 0 fully saturated rings. The molecule has 0 amide bonds. The van der Waals surface area contributed by atoms with Crippen molar-refractivity contribution in [3.8, 4) is 11.5 Å². The number of nitrogens with one attached hydrogen (secondary N) is 1. The summed E-state index contributed by atoms with van der Waals surface area (Å²) in [6, 6.07) is 12.6. The highest BCUT2D eigenvalue weighted by atomic mass is 32.2. The second-order valence-corrected chi connectivity index (χ2v) is 7.11. The quantitative estimate of drug-likeness (QED) is 0.744. The second-order valence-electron chi connectivity index (χ2n) is 5.38. The van der Waals surface area contributed by atoms with E-state index in [0.717, 1.165) is 12.2 Å². The fourth-order valence-electron chi connectivity index (χ4n) is 2.29. The zero-order valence-electron chi connectivity index (χ0n) is 14.2. The number of hydrogen-bond donors (Lipinski definition) is 1. The molecule has 24 heavy (non-hydrogen) atoms. The van der Waals surface area contributed by atoms with Gasteiger partial charge in [0.1, 0.15) is 18.1 Å². The third-order valence-electron chi connectivity index (χ3n) is 3.67. The minimum absolute atomic E-state index is 0.198. The average molecular weight is 349 g/mol. The zero-order valence-corrected chi connectivity index (χ0v) is 15.0. The first kappa shape index (κ1) is 18.3. The molecule has 0 aliphatic rings. The van der Waals surface area contributed by atoms with Crippen LogP contribution in [0.4, 0.5) is 0 Å². The van der Waals surface area contributed by atoms with E-state index in [1.165, 1.54) is 5.56 Å². The first-order chi connectivity index (χ1) is 11.5. The largest absolute Gasteiger partial charge is 0.497 e. The number of methoxy groups -OCH3 is 1. The van der Waals surface area contributed by atoms with E-state index in [9.17, 15) is 8.42 Å². The van der Waals surface area contributed by atoms with Crippen molar-refractivity contribution in [2.24, 2.45) is 0 Å².